The number of hydrogen-bond acceptors (Lipinski definition) is 6. The molecule has 1 fully saturated rings. The fraction of sp³-hybridized carbons (Fsp3) is 0.207. The molecule has 1 aromatic carbocycles. The monoisotopic (exact) mass is 537 g/mol. The van der Waals surface area contributed by atoms with Gasteiger partial charge in [0.05, 0.1) is 22.3 Å². The Labute approximate surface area is 226 Å². The Morgan fingerprint density at radius 2 is 1.95 bits per heavy atom. The van der Waals surface area contributed by atoms with Crippen LogP contribution < -0.4 is 5.32 Å². The Morgan fingerprint density at radius 1 is 1.08 bits per heavy atom. The molecular formula is C29H24FN7OS. The van der Waals surface area contributed by atoms with Crippen molar-refractivity contribution < 1.29 is 9.18 Å². The lowest BCUT2D eigenvalue weighted by atomic mass is 10.0. The highest BCUT2D eigenvalue weighted by molar-refractivity contribution is 7.15. The van der Waals surface area contributed by atoms with Gasteiger partial charge in [-0.2, -0.15) is 5.10 Å². The van der Waals surface area contributed by atoms with Crippen LogP contribution >= 0.6 is 11.3 Å². The van der Waals surface area contributed by atoms with Gasteiger partial charge < -0.3 is 10.3 Å². The third kappa shape index (κ3) is 4.26. The smallest absolute Gasteiger partial charge is 0.227 e. The summed E-state index contributed by atoms with van der Waals surface area (Å²) in [5, 5.41) is 10.8. The summed E-state index contributed by atoms with van der Waals surface area (Å²) in [5.41, 5.74) is 5.08. The number of aromatic amines is 2. The van der Waals surface area contributed by atoms with Crippen LogP contribution in [0.3, 0.4) is 0 Å². The van der Waals surface area contributed by atoms with Gasteiger partial charge in [-0.05, 0) is 61.7 Å². The van der Waals surface area contributed by atoms with Gasteiger partial charge in [-0.25, -0.2) is 9.37 Å². The van der Waals surface area contributed by atoms with Gasteiger partial charge in [0, 0.05) is 34.1 Å². The predicted molar refractivity (Wildman–Crippen MR) is 151 cm³/mol. The zero-order valence-corrected chi connectivity index (χ0v) is 21.9. The molecule has 1 amide bonds. The number of aromatic nitrogens is 6. The number of imidazole rings is 1. The maximum Gasteiger partial charge on any atom is 0.227 e. The van der Waals surface area contributed by atoms with E-state index in [4.69, 9.17) is 4.98 Å². The van der Waals surface area contributed by atoms with Crippen LogP contribution in [0, 0.1) is 18.7 Å². The highest BCUT2D eigenvalue weighted by Crippen LogP contribution is 2.35. The summed E-state index contributed by atoms with van der Waals surface area (Å²) >= 11 is 1.66. The van der Waals surface area contributed by atoms with E-state index < -0.39 is 5.82 Å². The predicted octanol–water partition coefficient (Wildman–Crippen LogP) is 6.87. The van der Waals surface area contributed by atoms with Crippen LogP contribution in [0.15, 0.2) is 55.0 Å². The number of thiophene rings is 1. The van der Waals surface area contributed by atoms with Crippen LogP contribution in [0.4, 0.5) is 10.1 Å². The van der Waals surface area contributed by atoms with E-state index in [1.807, 2.05) is 24.3 Å². The quantitative estimate of drug-likeness (QED) is 0.222. The fourth-order valence-electron chi connectivity index (χ4n) is 5.32. The second-order valence-electron chi connectivity index (χ2n) is 9.94. The lowest BCUT2D eigenvalue weighted by Gasteiger charge is -2.11. The summed E-state index contributed by atoms with van der Waals surface area (Å²) in [4.78, 5) is 31.9. The number of amides is 1. The topological polar surface area (TPSA) is 112 Å². The number of nitrogens with one attached hydrogen (secondary N) is 3. The van der Waals surface area contributed by atoms with Crippen molar-refractivity contribution in [2.24, 2.45) is 5.92 Å². The second kappa shape index (κ2) is 9.39. The number of carbonyl (C=O) groups excluding carboxylic acids is 1. The van der Waals surface area contributed by atoms with Crippen LogP contribution in [-0.2, 0) is 4.79 Å². The SMILES string of the molecule is Cc1ccc(-c2nccc3[nH]c(-c4[nH]nc5c(F)cc(-c6cncc(NC(=O)C7CCCC7)c6)cc45)nc23)s1. The number of halogens is 1. The minimum absolute atomic E-state index is 0.0154. The molecule has 1 saturated carbocycles. The van der Waals surface area contributed by atoms with Crippen molar-refractivity contribution in [3.63, 3.8) is 0 Å². The number of pyridine rings is 2. The lowest BCUT2D eigenvalue weighted by molar-refractivity contribution is -0.119. The van der Waals surface area contributed by atoms with E-state index in [2.05, 4.69) is 43.5 Å². The molecule has 7 rings (SSSR count). The maximum atomic E-state index is 15.3. The van der Waals surface area contributed by atoms with Crippen LogP contribution in [0.25, 0.3) is 55.2 Å². The van der Waals surface area contributed by atoms with Crippen molar-refractivity contribution in [1.29, 1.82) is 0 Å². The van der Waals surface area contributed by atoms with Gasteiger partial charge in [-0.1, -0.05) is 12.8 Å². The van der Waals surface area contributed by atoms with Gasteiger partial charge in [-0.3, -0.25) is 19.9 Å². The molecule has 0 atom stereocenters. The summed E-state index contributed by atoms with van der Waals surface area (Å²) in [6, 6.07) is 11.1. The van der Waals surface area contributed by atoms with Gasteiger partial charge in [0.15, 0.2) is 11.6 Å². The van der Waals surface area contributed by atoms with Crippen LogP contribution in [0.2, 0.25) is 0 Å². The van der Waals surface area contributed by atoms with Crippen molar-refractivity contribution in [1.82, 2.24) is 30.1 Å². The molecule has 39 heavy (non-hydrogen) atoms. The summed E-state index contributed by atoms with van der Waals surface area (Å²) in [6.45, 7) is 2.06. The first kappa shape index (κ1) is 23.7. The average Bonchev–Trinajstić information content (AvgIpc) is 3.74. The minimum Gasteiger partial charge on any atom is -0.337 e. The number of benzene rings is 1. The average molecular weight is 538 g/mol. The first-order valence-electron chi connectivity index (χ1n) is 12.9. The Bertz CT molecular complexity index is 1860. The lowest BCUT2D eigenvalue weighted by Crippen LogP contribution is -2.20. The molecule has 6 aromatic rings. The largest absolute Gasteiger partial charge is 0.337 e. The second-order valence-corrected chi connectivity index (χ2v) is 11.2. The summed E-state index contributed by atoms with van der Waals surface area (Å²) in [7, 11) is 0. The van der Waals surface area contributed by atoms with Gasteiger partial charge >= 0.3 is 0 Å². The molecule has 0 radical (unpaired) electrons. The molecule has 5 aromatic heterocycles. The number of H-pyrrole nitrogens is 2. The third-order valence-corrected chi connectivity index (χ3v) is 8.30. The highest BCUT2D eigenvalue weighted by atomic mass is 32.1. The van der Waals surface area contributed by atoms with Crippen molar-refractivity contribution >= 4 is 44.9 Å². The van der Waals surface area contributed by atoms with Gasteiger partial charge in [0.2, 0.25) is 5.91 Å². The van der Waals surface area contributed by atoms with E-state index in [0.717, 1.165) is 47.3 Å². The maximum absolute atomic E-state index is 15.3. The van der Waals surface area contributed by atoms with Gasteiger partial charge in [0.25, 0.3) is 0 Å². The number of rotatable bonds is 5. The van der Waals surface area contributed by atoms with Crippen molar-refractivity contribution in [3.8, 4) is 33.2 Å². The van der Waals surface area contributed by atoms with E-state index in [1.165, 1.54) is 10.9 Å². The molecule has 0 aliphatic heterocycles. The van der Waals surface area contributed by atoms with Crippen molar-refractivity contribution in [2.45, 2.75) is 32.6 Å². The van der Waals surface area contributed by atoms with Crippen molar-refractivity contribution in [3.05, 3.63) is 65.7 Å². The van der Waals surface area contributed by atoms with Crippen molar-refractivity contribution in [2.75, 3.05) is 5.32 Å². The highest BCUT2D eigenvalue weighted by Gasteiger charge is 2.23. The first-order chi connectivity index (χ1) is 19.0. The van der Waals surface area contributed by atoms with E-state index >= 15 is 4.39 Å². The Morgan fingerprint density at radius 3 is 2.77 bits per heavy atom. The summed E-state index contributed by atoms with van der Waals surface area (Å²) < 4.78 is 15.3. The number of anilines is 1. The fourth-order valence-corrected chi connectivity index (χ4v) is 6.18. The van der Waals surface area contributed by atoms with Gasteiger partial charge in [0.1, 0.15) is 22.4 Å². The molecular weight excluding hydrogens is 513 g/mol. The van der Waals surface area contributed by atoms with E-state index in [9.17, 15) is 4.79 Å². The number of aryl methyl sites for hydroxylation is 1. The molecule has 0 spiro atoms. The molecule has 5 heterocycles. The normalized spacial score (nSPS) is 14.0. The first-order valence-corrected chi connectivity index (χ1v) is 13.7. The standard InChI is InChI=1S/C29H24FN7OS/c1-15-6-7-23(39-15)27-26-22(8-9-32-27)34-28(35-26)25-20-11-17(12-21(30)24(20)36-37-25)18-10-19(14-31-13-18)33-29(38)16-4-2-3-5-16/h6-14,16H,2-5H2,1H3,(H,33,38)(H,34,35)(H,36,37). The molecule has 8 nitrogen and oxygen atoms in total. The Balaban J connectivity index is 1.27. The molecule has 1 aliphatic rings. The molecule has 194 valence electrons. The Hall–Kier alpha value is -4.44. The van der Waals surface area contributed by atoms with Crippen LogP contribution in [0.1, 0.15) is 30.6 Å². The number of hydrogen-bond donors (Lipinski definition) is 3. The molecule has 3 N–H and O–H groups in total. The van der Waals surface area contributed by atoms with E-state index in [-0.39, 0.29) is 17.3 Å². The molecule has 1 aliphatic carbocycles. The van der Waals surface area contributed by atoms with Gasteiger partial charge in [-0.15, -0.1) is 11.3 Å². The molecule has 0 bridgehead atoms. The molecule has 0 saturated heterocycles. The zero-order valence-electron chi connectivity index (χ0n) is 21.1. The van der Waals surface area contributed by atoms with E-state index in [1.54, 1.807) is 29.9 Å². The van der Waals surface area contributed by atoms with Crippen LogP contribution in [-0.4, -0.2) is 36.0 Å². The number of fused-ring (bicyclic) bond motifs is 2. The molecule has 0 unspecified atom stereocenters. The summed E-state index contributed by atoms with van der Waals surface area (Å²) in [6.07, 6.45) is 9.02. The Kier molecular flexibility index (Phi) is 5.70. The number of nitrogens with zero attached hydrogens (tertiary/aromatic N) is 4. The van der Waals surface area contributed by atoms with Crippen LogP contribution in [0.5, 0.6) is 0 Å². The number of carbonyl (C=O) groups is 1. The molecule has 10 heteroatoms. The zero-order chi connectivity index (χ0) is 26.5. The third-order valence-electron chi connectivity index (χ3n) is 7.29. The van der Waals surface area contributed by atoms with E-state index in [0.29, 0.717) is 33.7 Å². The minimum atomic E-state index is -0.460. The summed E-state index contributed by atoms with van der Waals surface area (Å²) in [5.74, 6) is 0.140.